The summed E-state index contributed by atoms with van der Waals surface area (Å²) in [6.45, 7) is 12.2. The van der Waals surface area contributed by atoms with Gasteiger partial charge in [-0.2, -0.15) is 4.98 Å². The molecule has 0 spiro atoms. The van der Waals surface area contributed by atoms with Gasteiger partial charge in [0.05, 0.1) is 18.5 Å². The third-order valence-corrected chi connectivity index (χ3v) is 13.0. The van der Waals surface area contributed by atoms with Crippen LogP contribution in [0.2, 0.25) is 0 Å². The molecule has 2 aromatic heterocycles. The number of aryl methyl sites for hydroxylation is 1. The van der Waals surface area contributed by atoms with Gasteiger partial charge < -0.3 is 25.6 Å². The molecule has 308 valence electrons. The Hall–Kier alpha value is -4.97. The Morgan fingerprint density at radius 3 is 2.47 bits per heavy atom. The minimum Gasteiger partial charge on any atom is -0.494 e. The molecule has 3 heterocycles. The number of hydrogen-bond acceptors (Lipinski definition) is 9. The van der Waals surface area contributed by atoms with Crippen LogP contribution in [0.5, 0.6) is 5.75 Å². The first kappa shape index (κ1) is 39.8. The summed E-state index contributed by atoms with van der Waals surface area (Å²) in [5.41, 5.74) is 4.24. The summed E-state index contributed by atoms with van der Waals surface area (Å²) in [5, 5.41) is 10.3. The zero-order valence-corrected chi connectivity index (χ0v) is 34.7. The maximum Gasteiger partial charge on any atom is 0.257 e. The average Bonchev–Trinajstić information content (AvgIpc) is 4.04. The molecule has 3 N–H and O–H groups in total. The molecule has 2 unspecified atom stereocenters. The molecular weight excluding hydrogens is 729 g/mol. The highest BCUT2D eigenvalue weighted by Gasteiger charge is 2.41. The molecule has 4 aromatic rings. The van der Waals surface area contributed by atoms with Crippen LogP contribution in [-0.4, -0.2) is 77.6 Å². The standard InChI is InChI=1S/C46H60N8O4/c1-30-20-32-23-33(21-30)27-46(3,26-32)28-41(55)47-14-5-6-15-52-16-18-53(19-17-52)36-12-13-39(40(25-36)58-4)50-45-48-29-38-31(2)22-42(56)54(43(38)51-45)37-9-7-8-35(24-37)49-44(57)34-10-11-34/h7-9,12-13,22,24-25,29-30,32-34H,5-6,10-11,14-21,23,26-28H2,1-4H3,(H,47,55)(H,49,57)(H,48,50,51). The number of piperazine rings is 1. The highest BCUT2D eigenvalue weighted by molar-refractivity contribution is 5.94. The maximum absolute atomic E-state index is 13.4. The van der Waals surface area contributed by atoms with Crippen molar-refractivity contribution in [2.75, 3.05) is 61.9 Å². The second-order valence-corrected chi connectivity index (χ2v) is 18.1. The molecule has 12 nitrogen and oxygen atoms in total. The van der Waals surface area contributed by atoms with Gasteiger partial charge in [-0.15, -0.1) is 0 Å². The van der Waals surface area contributed by atoms with Crippen LogP contribution in [-0.2, 0) is 9.59 Å². The number of benzene rings is 2. The third-order valence-electron chi connectivity index (χ3n) is 13.0. The summed E-state index contributed by atoms with van der Waals surface area (Å²) in [4.78, 5) is 53.1. The number of anilines is 4. The third kappa shape index (κ3) is 9.33. The van der Waals surface area contributed by atoms with E-state index in [4.69, 9.17) is 9.72 Å². The number of unbranched alkanes of at least 4 members (excludes halogenated alkanes) is 1. The van der Waals surface area contributed by atoms with E-state index in [1.807, 2.05) is 37.3 Å². The lowest BCUT2D eigenvalue weighted by Gasteiger charge is -2.47. The quantitative estimate of drug-likeness (QED) is 0.112. The van der Waals surface area contributed by atoms with E-state index in [0.29, 0.717) is 40.8 Å². The Morgan fingerprint density at radius 1 is 0.948 bits per heavy atom. The van der Waals surface area contributed by atoms with E-state index in [0.717, 1.165) is 99.3 Å². The molecule has 3 aliphatic carbocycles. The van der Waals surface area contributed by atoms with E-state index in [2.05, 4.69) is 50.6 Å². The van der Waals surface area contributed by atoms with E-state index in [9.17, 15) is 14.4 Å². The van der Waals surface area contributed by atoms with Gasteiger partial charge in [-0.1, -0.05) is 19.9 Å². The Balaban J connectivity index is 0.835. The summed E-state index contributed by atoms with van der Waals surface area (Å²) in [6.07, 6.45) is 12.8. The van der Waals surface area contributed by atoms with Gasteiger partial charge in [-0.05, 0) is 130 Å². The van der Waals surface area contributed by atoms with E-state index < -0.39 is 0 Å². The lowest BCUT2D eigenvalue weighted by Crippen LogP contribution is -2.46. The van der Waals surface area contributed by atoms with E-state index in [1.165, 1.54) is 32.1 Å². The minimum absolute atomic E-state index is 0.00834. The van der Waals surface area contributed by atoms with Crippen LogP contribution < -0.4 is 31.1 Å². The van der Waals surface area contributed by atoms with Gasteiger partial charge >= 0.3 is 0 Å². The Bertz CT molecular complexity index is 2170. The summed E-state index contributed by atoms with van der Waals surface area (Å²) in [5.74, 6) is 3.80. The van der Waals surface area contributed by atoms with E-state index in [1.54, 1.807) is 30.0 Å². The summed E-state index contributed by atoms with van der Waals surface area (Å²) in [7, 11) is 1.66. The van der Waals surface area contributed by atoms with Crippen molar-refractivity contribution in [2.24, 2.45) is 29.1 Å². The van der Waals surface area contributed by atoms with Gasteiger partial charge in [0.25, 0.3) is 5.56 Å². The van der Waals surface area contributed by atoms with Crippen LogP contribution in [0.4, 0.5) is 23.0 Å². The SMILES string of the molecule is COc1cc(N2CCN(CCCCNC(=O)CC3(C)CC4CC(C)CC(C4)C3)CC2)ccc1Nc1ncc2c(C)cc(=O)n(-c3cccc(NC(=O)C4CC4)c3)c2n1. The zero-order chi connectivity index (χ0) is 40.4. The predicted molar refractivity (Wildman–Crippen MR) is 230 cm³/mol. The zero-order valence-electron chi connectivity index (χ0n) is 34.7. The molecule has 2 atom stereocenters. The van der Waals surface area contributed by atoms with Gasteiger partial charge in [0.1, 0.15) is 5.75 Å². The summed E-state index contributed by atoms with van der Waals surface area (Å²) < 4.78 is 7.40. The molecule has 12 heteroatoms. The van der Waals surface area contributed by atoms with Gasteiger partial charge in [0, 0.05) is 80.2 Å². The topological polar surface area (TPSA) is 134 Å². The largest absolute Gasteiger partial charge is 0.494 e. The van der Waals surface area contributed by atoms with Gasteiger partial charge in [0.2, 0.25) is 17.8 Å². The molecule has 2 amide bonds. The molecule has 1 saturated heterocycles. The number of carbonyl (C=O) groups is 2. The lowest BCUT2D eigenvalue weighted by atomic mass is 9.58. The fraction of sp³-hybridized carbons (Fsp3) is 0.543. The number of nitrogens with one attached hydrogen (secondary N) is 3. The van der Waals surface area contributed by atoms with Crippen molar-refractivity contribution < 1.29 is 14.3 Å². The smallest absolute Gasteiger partial charge is 0.257 e. The minimum atomic E-state index is -0.221. The number of ether oxygens (including phenoxy) is 1. The molecule has 2 aromatic carbocycles. The van der Waals surface area contributed by atoms with Crippen molar-refractivity contribution in [2.45, 2.75) is 85.0 Å². The first-order chi connectivity index (χ1) is 28.0. The highest BCUT2D eigenvalue weighted by atomic mass is 16.5. The van der Waals surface area contributed by atoms with E-state index >= 15 is 0 Å². The second kappa shape index (κ2) is 17.1. The summed E-state index contributed by atoms with van der Waals surface area (Å²) in [6, 6.07) is 15.0. The number of methoxy groups -OCH3 is 1. The van der Waals surface area contributed by atoms with E-state index in [-0.39, 0.29) is 28.7 Å². The molecule has 3 saturated carbocycles. The fourth-order valence-electron chi connectivity index (χ4n) is 10.2. The fourth-order valence-corrected chi connectivity index (χ4v) is 10.2. The molecular formula is C46H60N8O4. The van der Waals surface area contributed by atoms with Gasteiger partial charge in [-0.25, -0.2) is 4.98 Å². The van der Waals surface area contributed by atoms with Crippen molar-refractivity contribution in [3.63, 3.8) is 0 Å². The van der Waals surface area contributed by atoms with Crippen LogP contribution in [0.15, 0.2) is 59.5 Å². The first-order valence-electron chi connectivity index (χ1n) is 21.5. The number of nitrogens with zero attached hydrogens (tertiary/aromatic N) is 5. The number of aromatic nitrogens is 3. The number of rotatable bonds is 14. The van der Waals surface area contributed by atoms with Crippen molar-refractivity contribution in [3.8, 4) is 11.4 Å². The number of hydrogen-bond donors (Lipinski definition) is 3. The predicted octanol–water partition coefficient (Wildman–Crippen LogP) is 7.45. The van der Waals surface area contributed by atoms with Crippen LogP contribution in [0, 0.1) is 36.0 Å². The van der Waals surface area contributed by atoms with Crippen LogP contribution in [0.1, 0.15) is 83.6 Å². The normalized spacial score (nSPS) is 23.4. The van der Waals surface area contributed by atoms with Crippen molar-refractivity contribution in [1.82, 2.24) is 24.8 Å². The van der Waals surface area contributed by atoms with Crippen molar-refractivity contribution >= 4 is 45.9 Å². The molecule has 0 radical (unpaired) electrons. The monoisotopic (exact) mass is 788 g/mol. The van der Waals surface area contributed by atoms with Crippen LogP contribution >= 0.6 is 0 Å². The number of carbonyl (C=O) groups excluding carboxylic acids is 2. The van der Waals surface area contributed by atoms with Crippen molar-refractivity contribution in [1.29, 1.82) is 0 Å². The van der Waals surface area contributed by atoms with Gasteiger partial charge in [-0.3, -0.25) is 23.9 Å². The molecule has 1 aliphatic heterocycles. The first-order valence-corrected chi connectivity index (χ1v) is 21.5. The van der Waals surface area contributed by atoms with Crippen LogP contribution in [0.3, 0.4) is 0 Å². The lowest BCUT2D eigenvalue weighted by molar-refractivity contribution is -0.124. The molecule has 8 rings (SSSR count). The van der Waals surface area contributed by atoms with Crippen LogP contribution in [0.25, 0.3) is 16.7 Å². The molecule has 4 fully saturated rings. The Kier molecular flexibility index (Phi) is 11.7. The number of fused-ring (bicyclic) bond motifs is 3. The van der Waals surface area contributed by atoms with Crippen molar-refractivity contribution in [3.05, 3.63) is 70.6 Å². The summed E-state index contributed by atoms with van der Waals surface area (Å²) >= 11 is 0. The Labute approximate surface area is 342 Å². The number of amides is 2. The molecule has 58 heavy (non-hydrogen) atoms. The highest BCUT2D eigenvalue weighted by Crippen LogP contribution is 2.51. The number of pyridine rings is 1. The molecule has 4 aliphatic rings. The van der Waals surface area contributed by atoms with Gasteiger partial charge in [0.15, 0.2) is 5.65 Å². The second-order valence-electron chi connectivity index (χ2n) is 18.1. The molecule has 2 bridgehead atoms. The maximum atomic E-state index is 13.4. The average molecular weight is 789 g/mol. The Morgan fingerprint density at radius 2 is 1.72 bits per heavy atom.